The van der Waals surface area contributed by atoms with Crippen LogP contribution in [-0.2, 0) is 0 Å². The Morgan fingerprint density at radius 2 is 2.33 bits per heavy atom. The topological polar surface area (TPSA) is 83.0 Å². The van der Waals surface area contributed by atoms with Crippen LogP contribution in [-0.4, -0.2) is 9.66 Å². The summed E-state index contributed by atoms with van der Waals surface area (Å²) in [4.78, 5) is 3.97. The van der Waals surface area contributed by atoms with Gasteiger partial charge in [-0.15, -0.1) is 0 Å². The van der Waals surface area contributed by atoms with E-state index in [0.29, 0.717) is 11.5 Å². The summed E-state index contributed by atoms with van der Waals surface area (Å²) in [5.74, 6) is 6.36. The third-order valence-corrected chi connectivity index (χ3v) is 1.53. The minimum absolute atomic E-state index is 0.265. The Kier molecular flexibility index (Phi) is 1.30. The lowest BCUT2D eigenvalue weighted by Crippen LogP contribution is -2.09. The minimum atomic E-state index is 0.265. The van der Waals surface area contributed by atoms with Gasteiger partial charge in [-0.25, -0.2) is 9.66 Å². The molecular weight excluding hydrogens is 156 g/mol. The van der Waals surface area contributed by atoms with Gasteiger partial charge in [-0.2, -0.15) is 0 Å². The largest absolute Gasteiger partial charge is 0.463 e. The molecule has 4 N–H and O–H groups in total. The van der Waals surface area contributed by atoms with Crippen molar-refractivity contribution in [1.29, 1.82) is 0 Å². The normalized spacial score (nSPS) is 10.3. The number of hydrogen-bond donors (Lipinski definition) is 2. The van der Waals surface area contributed by atoms with E-state index in [9.17, 15) is 0 Å². The summed E-state index contributed by atoms with van der Waals surface area (Å²) in [7, 11) is 0. The predicted molar refractivity (Wildman–Crippen MR) is 44.5 cm³/mol. The average Bonchev–Trinajstić information content (AvgIpc) is 2.61. The highest BCUT2D eigenvalue weighted by molar-refractivity contribution is 5.53. The molecule has 0 aliphatic carbocycles. The lowest BCUT2D eigenvalue weighted by atomic mass is 10.4. The molecule has 5 nitrogen and oxygen atoms in total. The van der Waals surface area contributed by atoms with E-state index in [4.69, 9.17) is 16.0 Å². The van der Waals surface area contributed by atoms with E-state index in [2.05, 4.69) is 4.98 Å². The summed E-state index contributed by atoms with van der Waals surface area (Å²) in [6.07, 6.45) is 3.18. The summed E-state index contributed by atoms with van der Waals surface area (Å²) >= 11 is 0. The average molecular weight is 164 g/mol. The third kappa shape index (κ3) is 0.914. The third-order valence-electron chi connectivity index (χ3n) is 1.53. The summed E-state index contributed by atoms with van der Waals surface area (Å²) in [5.41, 5.74) is 6.07. The molecule has 0 saturated heterocycles. The molecule has 5 heteroatoms. The molecule has 0 aromatic carbocycles. The molecule has 2 rings (SSSR count). The fourth-order valence-corrected chi connectivity index (χ4v) is 0.951. The second-order valence-corrected chi connectivity index (χ2v) is 2.37. The zero-order valence-corrected chi connectivity index (χ0v) is 6.27. The lowest BCUT2D eigenvalue weighted by Gasteiger charge is -1.88. The number of rotatable bonds is 1. The SMILES string of the molecule is Nc1nc(-c2ccco2)cn1N. The van der Waals surface area contributed by atoms with Crippen molar-refractivity contribution in [2.24, 2.45) is 0 Å². The first-order chi connectivity index (χ1) is 5.77. The van der Waals surface area contributed by atoms with Crippen molar-refractivity contribution in [3.63, 3.8) is 0 Å². The molecule has 0 spiro atoms. The highest BCUT2D eigenvalue weighted by Crippen LogP contribution is 2.18. The van der Waals surface area contributed by atoms with E-state index in [1.807, 2.05) is 0 Å². The Bertz CT molecular complexity index is 357. The monoisotopic (exact) mass is 164 g/mol. The molecule has 0 bridgehead atoms. The number of aromatic nitrogens is 2. The number of hydrogen-bond acceptors (Lipinski definition) is 4. The number of nitrogens with two attached hydrogens (primary N) is 2. The highest BCUT2D eigenvalue weighted by atomic mass is 16.3. The predicted octanol–water partition coefficient (Wildman–Crippen LogP) is 0.439. The number of anilines is 1. The number of nitrogen functional groups attached to an aromatic ring is 2. The Morgan fingerprint density at radius 3 is 2.83 bits per heavy atom. The van der Waals surface area contributed by atoms with Crippen molar-refractivity contribution >= 4 is 5.95 Å². The molecule has 0 saturated carbocycles. The molecule has 0 amide bonds. The van der Waals surface area contributed by atoms with Crippen LogP contribution in [0.25, 0.3) is 11.5 Å². The van der Waals surface area contributed by atoms with Gasteiger partial charge in [0.1, 0.15) is 5.69 Å². The number of nitrogens with zero attached hydrogens (tertiary/aromatic N) is 2. The zero-order valence-electron chi connectivity index (χ0n) is 6.27. The van der Waals surface area contributed by atoms with E-state index in [1.165, 1.54) is 4.68 Å². The van der Waals surface area contributed by atoms with Crippen molar-refractivity contribution in [2.75, 3.05) is 11.6 Å². The van der Waals surface area contributed by atoms with E-state index < -0.39 is 0 Å². The van der Waals surface area contributed by atoms with Crippen molar-refractivity contribution < 1.29 is 4.42 Å². The van der Waals surface area contributed by atoms with Crippen LogP contribution < -0.4 is 11.6 Å². The Balaban J connectivity index is 2.48. The summed E-state index contributed by atoms with van der Waals surface area (Å²) in [6, 6.07) is 3.57. The maximum atomic E-state index is 5.43. The lowest BCUT2D eigenvalue weighted by molar-refractivity contribution is 0.580. The Hall–Kier alpha value is -1.91. The first-order valence-electron chi connectivity index (χ1n) is 3.41. The van der Waals surface area contributed by atoms with Gasteiger partial charge in [0.2, 0.25) is 5.95 Å². The number of furan rings is 1. The van der Waals surface area contributed by atoms with E-state index in [-0.39, 0.29) is 5.95 Å². The fourth-order valence-electron chi connectivity index (χ4n) is 0.951. The number of imidazole rings is 1. The Morgan fingerprint density at radius 1 is 1.50 bits per heavy atom. The molecule has 0 aliphatic heterocycles. The van der Waals surface area contributed by atoms with E-state index >= 15 is 0 Å². The van der Waals surface area contributed by atoms with Crippen molar-refractivity contribution in [3.8, 4) is 11.5 Å². The van der Waals surface area contributed by atoms with Crippen molar-refractivity contribution in [2.45, 2.75) is 0 Å². The second-order valence-electron chi connectivity index (χ2n) is 2.37. The van der Waals surface area contributed by atoms with Gasteiger partial charge < -0.3 is 16.0 Å². The van der Waals surface area contributed by atoms with Crippen LogP contribution in [0.5, 0.6) is 0 Å². The van der Waals surface area contributed by atoms with Gasteiger partial charge in [-0.1, -0.05) is 0 Å². The van der Waals surface area contributed by atoms with Gasteiger partial charge in [0, 0.05) is 0 Å². The first-order valence-corrected chi connectivity index (χ1v) is 3.41. The molecule has 0 fully saturated rings. The highest BCUT2D eigenvalue weighted by Gasteiger charge is 2.06. The first kappa shape index (κ1) is 6.78. The van der Waals surface area contributed by atoms with Gasteiger partial charge in [0.05, 0.1) is 12.5 Å². The molecule has 2 aromatic rings. The molecule has 12 heavy (non-hydrogen) atoms. The van der Waals surface area contributed by atoms with Crippen LogP contribution in [0.1, 0.15) is 0 Å². The van der Waals surface area contributed by atoms with Crippen LogP contribution in [0, 0.1) is 0 Å². The fraction of sp³-hybridized carbons (Fsp3) is 0. The maximum Gasteiger partial charge on any atom is 0.219 e. The Labute approximate surface area is 68.6 Å². The van der Waals surface area contributed by atoms with Crippen LogP contribution in [0.4, 0.5) is 5.95 Å². The van der Waals surface area contributed by atoms with Crippen LogP contribution in [0.15, 0.2) is 29.0 Å². The maximum absolute atomic E-state index is 5.43. The second kappa shape index (κ2) is 2.30. The van der Waals surface area contributed by atoms with E-state index in [1.54, 1.807) is 24.6 Å². The van der Waals surface area contributed by atoms with Crippen LogP contribution in [0.2, 0.25) is 0 Å². The summed E-state index contributed by atoms with van der Waals surface area (Å²) < 4.78 is 6.35. The molecule has 2 aromatic heterocycles. The quantitative estimate of drug-likeness (QED) is 0.599. The molecule has 0 atom stereocenters. The van der Waals surface area contributed by atoms with Crippen molar-refractivity contribution in [3.05, 3.63) is 24.6 Å². The summed E-state index contributed by atoms with van der Waals surface area (Å²) in [6.45, 7) is 0. The molecule has 2 heterocycles. The van der Waals surface area contributed by atoms with Gasteiger partial charge in [-0.3, -0.25) is 0 Å². The zero-order chi connectivity index (χ0) is 8.55. The molecule has 0 aliphatic rings. The molecule has 0 radical (unpaired) electrons. The van der Waals surface area contributed by atoms with Crippen LogP contribution >= 0.6 is 0 Å². The van der Waals surface area contributed by atoms with Crippen molar-refractivity contribution in [1.82, 2.24) is 9.66 Å². The van der Waals surface area contributed by atoms with E-state index in [0.717, 1.165) is 0 Å². The van der Waals surface area contributed by atoms with Gasteiger partial charge >= 0.3 is 0 Å². The molecule has 62 valence electrons. The molecular formula is C7H8N4O. The van der Waals surface area contributed by atoms with Crippen LogP contribution in [0.3, 0.4) is 0 Å². The van der Waals surface area contributed by atoms with Gasteiger partial charge in [-0.05, 0) is 12.1 Å². The van der Waals surface area contributed by atoms with Gasteiger partial charge in [0.25, 0.3) is 0 Å². The summed E-state index contributed by atoms with van der Waals surface area (Å²) in [5, 5.41) is 0. The van der Waals surface area contributed by atoms with Gasteiger partial charge in [0.15, 0.2) is 5.76 Å². The smallest absolute Gasteiger partial charge is 0.219 e. The standard InChI is InChI=1S/C7H8N4O/c8-7-10-5(4-11(7)9)6-2-1-3-12-6/h1-4H,9H2,(H2,8,10). The molecule has 0 unspecified atom stereocenters. The minimum Gasteiger partial charge on any atom is -0.463 e.